The van der Waals surface area contributed by atoms with Crippen molar-refractivity contribution in [1.82, 2.24) is 20.4 Å². The van der Waals surface area contributed by atoms with Crippen molar-refractivity contribution in [3.8, 4) is 5.75 Å². The summed E-state index contributed by atoms with van der Waals surface area (Å²) in [5.41, 5.74) is 1.22. The van der Waals surface area contributed by atoms with Crippen molar-refractivity contribution in [3.05, 3.63) is 36.0 Å². The van der Waals surface area contributed by atoms with Crippen LogP contribution in [0.4, 0.5) is 5.69 Å². The molecule has 0 bridgehead atoms. The molecule has 0 spiro atoms. The molecule has 0 saturated carbocycles. The third kappa shape index (κ3) is 5.72. The first kappa shape index (κ1) is 21.3. The summed E-state index contributed by atoms with van der Waals surface area (Å²) in [6.07, 6.45) is 0. The van der Waals surface area contributed by atoms with E-state index in [4.69, 9.17) is 9.26 Å². The first-order valence-electron chi connectivity index (χ1n) is 8.91. The highest BCUT2D eigenvalue weighted by atomic mass is 127. The molecule has 27 heavy (non-hydrogen) atoms. The lowest BCUT2D eigenvalue weighted by Crippen LogP contribution is -2.52. The molecule has 1 N–H and O–H groups in total. The van der Waals surface area contributed by atoms with Gasteiger partial charge in [0.15, 0.2) is 11.8 Å². The van der Waals surface area contributed by atoms with E-state index in [2.05, 4.69) is 49.3 Å². The molecule has 0 unspecified atom stereocenters. The van der Waals surface area contributed by atoms with Crippen LogP contribution in [0.25, 0.3) is 0 Å². The number of rotatable bonds is 5. The molecule has 8 nitrogen and oxygen atoms in total. The number of hydrogen-bond donors (Lipinski definition) is 1. The molecule has 148 valence electrons. The molecular weight excluding hydrogens is 459 g/mol. The summed E-state index contributed by atoms with van der Waals surface area (Å²) < 4.78 is 10.2. The van der Waals surface area contributed by atoms with E-state index in [9.17, 15) is 0 Å². The molecule has 1 aromatic heterocycles. The maximum atomic E-state index is 5.23. The SMILES string of the molecule is CCNC(=NCc1noc(C)n1)N1CCN(c2ccc(OC)cc2)CC1.I. The smallest absolute Gasteiger partial charge is 0.223 e. The standard InChI is InChI=1S/C18H26N6O2.HI/c1-4-19-18(20-13-17-21-14(2)26-22-17)24-11-9-23(10-12-24)15-5-7-16(25-3)8-6-15;/h5-8H,4,9-13H2,1-3H3,(H,19,20);1H. The lowest BCUT2D eigenvalue weighted by Gasteiger charge is -2.37. The number of ether oxygens (including phenoxy) is 1. The van der Waals surface area contributed by atoms with Crippen molar-refractivity contribution in [3.63, 3.8) is 0 Å². The minimum absolute atomic E-state index is 0. The number of guanidine groups is 1. The summed E-state index contributed by atoms with van der Waals surface area (Å²) in [5, 5.41) is 7.25. The molecule has 0 aliphatic carbocycles. The number of aryl methyl sites for hydroxylation is 1. The Labute approximate surface area is 177 Å². The predicted octanol–water partition coefficient (Wildman–Crippen LogP) is 2.29. The minimum Gasteiger partial charge on any atom is -0.497 e. The molecule has 1 aromatic carbocycles. The van der Waals surface area contributed by atoms with Gasteiger partial charge in [-0.1, -0.05) is 5.16 Å². The third-order valence-electron chi connectivity index (χ3n) is 4.29. The Hall–Kier alpha value is -2.04. The van der Waals surface area contributed by atoms with Crippen LogP contribution in [0, 0.1) is 6.92 Å². The van der Waals surface area contributed by atoms with Crippen molar-refractivity contribution in [2.24, 2.45) is 4.99 Å². The average Bonchev–Trinajstić information content (AvgIpc) is 3.10. The Morgan fingerprint density at radius 1 is 1.22 bits per heavy atom. The number of aliphatic imine (C=N–C) groups is 1. The predicted molar refractivity (Wildman–Crippen MR) is 116 cm³/mol. The number of benzene rings is 1. The van der Waals surface area contributed by atoms with Gasteiger partial charge in [0.2, 0.25) is 5.89 Å². The lowest BCUT2D eigenvalue weighted by molar-refractivity contribution is 0.371. The van der Waals surface area contributed by atoms with E-state index in [0.717, 1.165) is 44.4 Å². The normalized spacial score (nSPS) is 14.7. The Bertz CT molecular complexity index is 726. The van der Waals surface area contributed by atoms with Crippen LogP contribution in [0.1, 0.15) is 18.6 Å². The molecule has 0 amide bonds. The number of aromatic nitrogens is 2. The number of nitrogens with zero attached hydrogens (tertiary/aromatic N) is 5. The molecule has 0 radical (unpaired) electrons. The van der Waals surface area contributed by atoms with E-state index in [1.807, 2.05) is 12.1 Å². The number of anilines is 1. The van der Waals surface area contributed by atoms with Crippen LogP contribution in [0.3, 0.4) is 0 Å². The summed E-state index contributed by atoms with van der Waals surface area (Å²) in [5.74, 6) is 2.94. The van der Waals surface area contributed by atoms with Gasteiger partial charge in [-0.25, -0.2) is 4.99 Å². The van der Waals surface area contributed by atoms with Gasteiger partial charge in [-0.05, 0) is 31.2 Å². The fourth-order valence-corrected chi connectivity index (χ4v) is 2.95. The van der Waals surface area contributed by atoms with Gasteiger partial charge in [-0.2, -0.15) is 4.98 Å². The van der Waals surface area contributed by atoms with Crippen molar-refractivity contribution in [2.45, 2.75) is 20.4 Å². The molecule has 1 aliphatic heterocycles. The van der Waals surface area contributed by atoms with E-state index in [1.165, 1.54) is 5.69 Å². The summed E-state index contributed by atoms with van der Waals surface area (Å²) in [6, 6.07) is 8.21. The van der Waals surface area contributed by atoms with E-state index < -0.39 is 0 Å². The average molecular weight is 486 g/mol. The van der Waals surface area contributed by atoms with Crippen LogP contribution >= 0.6 is 24.0 Å². The molecule has 3 rings (SSSR count). The second-order valence-corrected chi connectivity index (χ2v) is 6.07. The number of halogens is 1. The fraction of sp³-hybridized carbons (Fsp3) is 0.500. The van der Waals surface area contributed by atoms with Gasteiger partial charge < -0.3 is 24.4 Å². The summed E-state index contributed by atoms with van der Waals surface area (Å²) in [7, 11) is 1.69. The van der Waals surface area contributed by atoms with Gasteiger partial charge in [-0.3, -0.25) is 0 Å². The first-order chi connectivity index (χ1) is 12.7. The van der Waals surface area contributed by atoms with E-state index in [-0.39, 0.29) is 24.0 Å². The third-order valence-corrected chi connectivity index (χ3v) is 4.29. The van der Waals surface area contributed by atoms with Crippen LogP contribution in [-0.4, -0.2) is 60.8 Å². The maximum Gasteiger partial charge on any atom is 0.223 e. The number of nitrogens with one attached hydrogen (secondary N) is 1. The summed E-state index contributed by atoms with van der Waals surface area (Å²) >= 11 is 0. The van der Waals surface area contributed by atoms with E-state index in [1.54, 1.807) is 14.0 Å². The second kappa shape index (κ2) is 10.3. The Kier molecular flexibility index (Phi) is 8.14. The highest BCUT2D eigenvalue weighted by molar-refractivity contribution is 14.0. The van der Waals surface area contributed by atoms with Gasteiger partial charge in [0.1, 0.15) is 12.3 Å². The van der Waals surface area contributed by atoms with Crippen LogP contribution in [0.15, 0.2) is 33.8 Å². The van der Waals surface area contributed by atoms with Crippen LogP contribution in [0.5, 0.6) is 5.75 Å². The van der Waals surface area contributed by atoms with Crippen LogP contribution in [-0.2, 0) is 6.54 Å². The van der Waals surface area contributed by atoms with Gasteiger partial charge in [0, 0.05) is 45.3 Å². The highest BCUT2D eigenvalue weighted by Crippen LogP contribution is 2.20. The van der Waals surface area contributed by atoms with Crippen molar-refractivity contribution < 1.29 is 9.26 Å². The quantitative estimate of drug-likeness (QED) is 0.395. The number of methoxy groups -OCH3 is 1. The number of hydrogen-bond acceptors (Lipinski definition) is 6. The monoisotopic (exact) mass is 486 g/mol. The summed E-state index contributed by atoms with van der Waals surface area (Å²) in [4.78, 5) is 13.5. The Balaban J connectivity index is 0.00000261. The molecule has 1 aliphatic rings. The molecular formula is C18H27IN6O2. The second-order valence-electron chi connectivity index (χ2n) is 6.07. The zero-order chi connectivity index (χ0) is 18.4. The zero-order valence-corrected chi connectivity index (χ0v) is 18.3. The van der Waals surface area contributed by atoms with E-state index >= 15 is 0 Å². The lowest BCUT2D eigenvalue weighted by atomic mass is 10.2. The molecule has 9 heteroatoms. The minimum atomic E-state index is 0. The Morgan fingerprint density at radius 3 is 2.48 bits per heavy atom. The van der Waals surface area contributed by atoms with Crippen LogP contribution < -0.4 is 15.0 Å². The topological polar surface area (TPSA) is 79.0 Å². The molecule has 0 atom stereocenters. The zero-order valence-electron chi connectivity index (χ0n) is 16.0. The number of piperazine rings is 1. The summed E-state index contributed by atoms with van der Waals surface area (Å²) in [6.45, 7) is 8.79. The van der Waals surface area contributed by atoms with E-state index in [0.29, 0.717) is 18.3 Å². The van der Waals surface area contributed by atoms with Gasteiger partial charge in [0.25, 0.3) is 0 Å². The van der Waals surface area contributed by atoms with Gasteiger partial charge in [-0.15, -0.1) is 24.0 Å². The van der Waals surface area contributed by atoms with Crippen molar-refractivity contribution in [1.29, 1.82) is 0 Å². The molecule has 2 heterocycles. The van der Waals surface area contributed by atoms with Crippen molar-refractivity contribution in [2.75, 3.05) is 44.7 Å². The molecule has 1 fully saturated rings. The maximum absolute atomic E-state index is 5.23. The fourth-order valence-electron chi connectivity index (χ4n) is 2.95. The Morgan fingerprint density at radius 2 is 1.93 bits per heavy atom. The molecule has 1 saturated heterocycles. The van der Waals surface area contributed by atoms with Gasteiger partial charge >= 0.3 is 0 Å². The van der Waals surface area contributed by atoms with Crippen molar-refractivity contribution >= 4 is 35.6 Å². The largest absolute Gasteiger partial charge is 0.497 e. The van der Waals surface area contributed by atoms with Crippen LogP contribution in [0.2, 0.25) is 0 Å². The molecule has 2 aromatic rings. The first-order valence-corrected chi connectivity index (χ1v) is 8.91. The highest BCUT2D eigenvalue weighted by Gasteiger charge is 2.20. The van der Waals surface area contributed by atoms with Gasteiger partial charge in [0.05, 0.1) is 7.11 Å².